The fourth-order valence-corrected chi connectivity index (χ4v) is 3.52. The van der Waals surface area contributed by atoms with Gasteiger partial charge in [-0.25, -0.2) is 9.97 Å². The van der Waals surface area contributed by atoms with Crippen LogP contribution in [0, 0.1) is 0 Å². The van der Waals surface area contributed by atoms with E-state index < -0.39 is 11.9 Å². The van der Waals surface area contributed by atoms with E-state index in [4.69, 9.17) is 11.6 Å². The number of hydrogen-bond donors (Lipinski definition) is 0. The predicted molar refractivity (Wildman–Crippen MR) is 99.5 cm³/mol. The van der Waals surface area contributed by atoms with E-state index in [9.17, 15) is 13.2 Å². The minimum absolute atomic E-state index is 0.284. The quantitative estimate of drug-likeness (QED) is 0.590. The third-order valence-electron chi connectivity index (χ3n) is 4.65. The molecule has 0 radical (unpaired) electrons. The fourth-order valence-electron chi connectivity index (χ4n) is 3.24. The van der Waals surface area contributed by atoms with Crippen LogP contribution in [0.1, 0.15) is 22.5 Å². The van der Waals surface area contributed by atoms with Gasteiger partial charge in [-0.05, 0) is 24.1 Å². The molecule has 0 saturated carbocycles. The molecule has 1 aliphatic heterocycles. The van der Waals surface area contributed by atoms with E-state index in [-0.39, 0.29) is 5.82 Å². The van der Waals surface area contributed by atoms with Crippen molar-refractivity contribution in [2.45, 2.75) is 25.7 Å². The Labute approximate surface area is 165 Å². The molecule has 1 aliphatic rings. The normalized spacial score (nSPS) is 14.7. The average Bonchev–Trinajstić information content (AvgIpc) is 2.68. The monoisotopic (exact) mass is 404 g/mol. The van der Waals surface area contributed by atoms with Gasteiger partial charge in [-0.1, -0.05) is 41.9 Å². The number of fused-ring (bicyclic) bond motifs is 1. The summed E-state index contributed by atoms with van der Waals surface area (Å²) in [4.78, 5) is 14.6. The summed E-state index contributed by atoms with van der Waals surface area (Å²) in [6.45, 7) is 2.23. The lowest BCUT2D eigenvalue weighted by Crippen LogP contribution is -2.31. The Morgan fingerprint density at radius 1 is 1.04 bits per heavy atom. The van der Waals surface area contributed by atoms with Crippen LogP contribution < -0.4 is 0 Å². The molecule has 144 valence electrons. The maximum atomic E-state index is 12.7. The summed E-state index contributed by atoms with van der Waals surface area (Å²) in [5, 5.41) is 0.347. The van der Waals surface area contributed by atoms with Crippen LogP contribution in [-0.2, 0) is 25.7 Å². The van der Waals surface area contributed by atoms with Crippen LogP contribution >= 0.6 is 11.6 Å². The van der Waals surface area contributed by atoms with Crippen LogP contribution in [0.2, 0.25) is 5.15 Å². The lowest BCUT2D eigenvalue weighted by molar-refractivity contribution is -0.141. The summed E-state index contributed by atoms with van der Waals surface area (Å²) in [7, 11) is 0. The summed E-state index contributed by atoms with van der Waals surface area (Å²) in [6.07, 6.45) is -2.62. The number of nitrogens with zero attached hydrogens (tertiary/aromatic N) is 4. The number of alkyl halides is 3. The highest BCUT2D eigenvalue weighted by Gasteiger charge is 2.32. The van der Waals surface area contributed by atoms with E-state index in [1.807, 2.05) is 18.2 Å². The van der Waals surface area contributed by atoms with Gasteiger partial charge in [-0.2, -0.15) is 13.2 Å². The standard InChI is InChI=1S/C20H16ClF3N4/c21-18-15-8-9-28(11-13-4-2-1-3-5-13)12-16(15)26-19(27-18)14-6-7-17(25-10-14)20(22,23)24/h1-7,10H,8-9,11-12H2. The van der Waals surface area contributed by atoms with Crippen LogP contribution in [0.4, 0.5) is 13.2 Å². The van der Waals surface area contributed by atoms with Crippen LogP contribution in [0.15, 0.2) is 48.7 Å². The van der Waals surface area contributed by atoms with Crippen molar-refractivity contribution in [3.05, 3.63) is 76.3 Å². The first kappa shape index (κ1) is 18.8. The molecule has 4 rings (SSSR count). The van der Waals surface area contributed by atoms with Gasteiger partial charge in [0.15, 0.2) is 5.82 Å². The number of halogens is 4. The van der Waals surface area contributed by atoms with Crippen LogP contribution in [0.5, 0.6) is 0 Å². The van der Waals surface area contributed by atoms with Crippen molar-refractivity contribution in [2.75, 3.05) is 6.54 Å². The van der Waals surface area contributed by atoms with Gasteiger partial charge in [0.1, 0.15) is 10.8 Å². The molecule has 0 unspecified atom stereocenters. The summed E-state index contributed by atoms with van der Waals surface area (Å²) < 4.78 is 38.1. The predicted octanol–water partition coefficient (Wildman–Crippen LogP) is 4.77. The molecule has 0 aliphatic carbocycles. The molecule has 0 saturated heterocycles. The minimum atomic E-state index is -4.48. The maximum absolute atomic E-state index is 12.7. The molecular formula is C20H16ClF3N4. The Morgan fingerprint density at radius 3 is 2.50 bits per heavy atom. The Hall–Kier alpha value is -2.51. The van der Waals surface area contributed by atoms with Gasteiger partial charge in [0.05, 0.1) is 5.69 Å². The average molecular weight is 405 g/mol. The summed E-state index contributed by atoms with van der Waals surface area (Å²) >= 11 is 6.34. The first-order valence-corrected chi connectivity index (χ1v) is 9.13. The smallest absolute Gasteiger partial charge is 0.293 e. The van der Waals surface area contributed by atoms with E-state index in [1.54, 1.807) is 0 Å². The number of hydrogen-bond acceptors (Lipinski definition) is 4. The molecule has 2 aromatic heterocycles. The van der Waals surface area contributed by atoms with Gasteiger partial charge in [-0.3, -0.25) is 9.88 Å². The van der Waals surface area contributed by atoms with Crippen molar-refractivity contribution in [3.8, 4) is 11.4 Å². The molecule has 0 fully saturated rings. The lowest BCUT2D eigenvalue weighted by Gasteiger charge is -2.28. The second-order valence-electron chi connectivity index (χ2n) is 6.64. The molecule has 8 heteroatoms. The zero-order valence-electron chi connectivity index (χ0n) is 14.7. The number of rotatable bonds is 3. The number of pyridine rings is 1. The lowest BCUT2D eigenvalue weighted by atomic mass is 10.1. The summed E-state index contributed by atoms with van der Waals surface area (Å²) in [6, 6.07) is 12.4. The second-order valence-corrected chi connectivity index (χ2v) is 7.00. The molecule has 0 amide bonds. The molecule has 4 nitrogen and oxygen atoms in total. The third-order valence-corrected chi connectivity index (χ3v) is 4.97. The van der Waals surface area contributed by atoms with E-state index in [0.717, 1.165) is 43.0 Å². The number of benzene rings is 1. The third kappa shape index (κ3) is 4.00. The first-order valence-electron chi connectivity index (χ1n) is 8.75. The molecule has 0 atom stereocenters. The van der Waals surface area contributed by atoms with Crippen molar-refractivity contribution >= 4 is 11.6 Å². The summed E-state index contributed by atoms with van der Waals surface area (Å²) in [5.74, 6) is 0.284. The van der Waals surface area contributed by atoms with Crippen LogP contribution in [0.25, 0.3) is 11.4 Å². The van der Waals surface area contributed by atoms with Gasteiger partial charge >= 0.3 is 6.18 Å². The van der Waals surface area contributed by atoms with Crippen molar-refractivity contribution in [2.24, 2.45) is 0 Å². The Balaban J connectivity index is 1.59. The SMILES string of the molecule is FC(F)(F)c1ccc(-c2nc(Cl)c3c(n2)CN(Cc2ccccc2)CC3)cn1. The Morgan fingerprint density at radius 2 is 1.82 bits per heavy atom. The van der Waals surface area contributed by atoms with E-state index >= 15 is 0 Å². The fraction of sp³-hybridized carbons (Fsp3) is 0.250. The van der Waals surface area contributed by atoms with Crippen molar-refractivity contribution < 1.29 is 13.2 Å². The molecular weight excluding hydrogens is 389 g/mol. The Bertz CT molecular complexity index is 975. The van der Waals surface area contributed by atoms with Crippen LogP contribution in [-0.4, -0.2) is 26.4 Å². The van der Waals surface area contributed by atoms with E-state index in [1.165, 1.54) is 11.6 Å². The zero-order chi connectivity index (χ0) is 19.7. The molecule has 3 heterocycles. The zero-order valence-corrected chi connectivity index (χ0v) is 15.5. The van der Waals surface area contributed by atoms with Gasteiger partial charge in [0.25, 0.3) is 0 Å². The highest BCUT2D eigenvalue weighted by molar-refractivity contribution is 6.30. The highest BCUT2D eigenvalue weighted by atomic mass is 35.5. The first-order chi connectivity index (χ1) is 13.4. The van der Waals surface area contributed by atoms with Gasteiger partial charge < -0.3 is 0 Å². The van der Waals surface area contributed by atoms with Crippen molar-refractivity contribution in [3.63, 3.8) is 0 Å². The Kier molecular flexibility index (Phi) is 5.03. The van der Waals surface area contributed by atoms with Gasteiger partial charge in [-0.15, -0.1) is 0 Å². The van der Waals surface area contributed by atoms with Crippen molar-refractivity contribution in [1.29, 1.82) is 0 Å². The van der Waals surface area contributed by atoms with E-state index in [2.05, 4.69) is 32.0 Å². The molecule has 0 N–H and O–H groups in total. The second kappa shape index (κ2) is 7.48. The van der Waals surface area contributed by atoms with Gasteiger partial charge in [0.2, 0.25) is 0 Å². The van der Waals surface area contributed by atoms with Gasteiger partial charge in [0, 0.05) is 37.0 Å². The van der Waals surface area contributed by atoms with E-state index in [0.29, 0.717) is 17.3 Å². The minimum Gasteiger partial charge on any atom is -0.293 e. The largest absolute Gasteiger partial charge is 0.433 e. The topological polar surface area (TPSA) is 41.9 Å². The summed E-state index contributed by atoms with van der Waals surface area (Å²) in [5.41, 5.74) is 2.36. The molecule has 0 spiro atoms. The molecule has 3 aromatic rings. The maximum Gasteiger partial charge on any atom is 0.433 e. The highest BCUT2D eigenvalue weighted by Crippen LogP contribution is 2.30. The van der Waals surface area contributed by atoms with Crippen molar-refractivity contribution in [1.82, 2.24) is 19.9 Å². The molecule has 1 aromatic carbocycles. The number of aromatic nitrogens is 3. The molecule has 28 heavy (non-hydrogen) atoms. The molecule has 0 bridgehead atoms. The van der Waals surface area contributed by atoms with Crippen LogP contribution in [0.3, 0.4) is 0 Å².